The molecule has 9 heteroatoms. The Morgan fingerprint density at radius 3 is 2.41 bits per heavy atom. The van der Waals surface area contributed by atoms with Crippen molar-refractivity contribution in [3.05, 3.63) is 98.8 Å². The first-order chi connectivity index (χ1) is 16.3. The van der Waals surface area contributed by atoms with Gasteiger partial charge in [0, 0.05) is 22.0 Å². The van der Waals surface area contributed by atoms with E-state index < -0.39 is 17.8 Å². The van der Waals surface area contributed by atoms with Crippen LogP contribution in [0.2, 0.25) is 10.0 Å². The highest BCUT2D eigenvalue weighted by atomic mass is 35.5. The van der Waals surface area contributed by atoms with Crippen LogP contribution in [0.5, 0.6) is 5.75 Å². The molecule has 4 rings (SSSR count). The van der Waals surface area contributed by atoms with Crippen molar-refractivity contribution in [2.45, 2.75) is 6.42 Å². The molecule has 0 saturated carbocycles. The molecule has 4 amide bonds. The van der Waals surface area contributed by atoms with Crippen LogP contribution in [0.3, 0.4) is 0 Å². The van der Waals surface area contributed by atoms with Gasteiger partial charge in [-0.25, -0.2) is 14.1 Å². The molecule has 1 aliphatic rings. The zero-order valence-electron chi connectivity index (χ0n) is 17.8. The smallest absolute Gasteiger partial charge is 0.335 e. The number of carbonyl (C=O) groups excluding carboxylic acids is 3. The molecular weight excluding hydrogens is 482 g/mol. The van der Waals surface area contributed by atoms with Gasteiger partial charge in [-0.15, -0.1) is 0 Å². The third-order valence-electron chi connectivity index (χ3n) is 5.22. The highest BCUT2D eigenvalue weighted by molar-refractivity contribution is 6.39. The summed E-state index contributed by atoms with van der Waals surface area (Å²) < 4.78 is 19.6. The Morgan fingerprint density at radius 2 is 1.74 bits per heavy atom. The van der Waals surface area contributed by atoms with E-state index in [1.807, 2.05) is 0 Å². The minimum Gasteiger partial charge on any atom is -0.496 e. The molecule has 0 aromatic heterocycles. The summed E-state index contributed by atoms with van der Waals surface area (Å²) >= 11 is 12.4. The van der Waals surface area contributed by atoms with E-state index >= 15 is 0 Å². The van der Waals surface area contributed by atoms with Crippen molar-refractivity contribution < 1.29 is 23.5 Å². The molecule has 0 radical (unpaired) electrons. The minimum absolute atomic E-state index is 0.184. The summed E-state index contributed by atoms with van der Waals surface area (Å²) in [5.41, 5.74) is 1.36. The van der Waals surface area contributed by atoms with Gasteiger partial charge in [0.15, 0.2) is 0 Å². The maximum Gasteiger partial charge on any atom is 0.335 e. The maximum absolute atomic E-state index is 14.1. The van der Waals surface area contributed by atoms with Crippen LogP contribution in [0.25, 0.3) is 6.08 Å². The SMILES string of the molecule is COc1cc(/C=C2\C(=O)NC(=O)N(c3ccc(Cl)cc3)C2=O)cc(Cl)c1Cc1ccccc1F. The van der Waals surface area contributed by atoms with Crippen molar-refractivity contribution in [2.75, 3.05) is 12.0 Å². The number of hydrogen-bond acceptors (Lipinski definition) is 4. The van der Waals surface area contributed by atoms with Gasteiger partial charge in [0.2, 0.25) is 0 Å². The third-order valence-corrected chi connectivity index (χ3v) is 5.81. The number of urea groups is 1. The zero-order valence-corrected chi connectivity index (χ0v) is 19.3. The number of imide groups is 2. The van der Waals surface area contributed by atoms with E-state index in [0.717, 1.165) is 4.90 Å². The van der Waals surface area contributed by atoms with Crippen LogP contribution >= 0.6 is 23.2 Å². The van der Waals surface area contributed by atoms with Crippen molar-refractivity contribution in [2.24, 2.45) is 0 Å². The number of hydrogen-bond donors (Lipinski definition) is 1. The van der Waals surface area contributed by atoms with Crippen LogP contribution in [0.15, 0.2) is 66.2 Å². The number of carbonyl (C=O) groups is 3. The minimum atomic E-state index is -0.870. The first kappa shape index (κ1) is 23.5. The van der Waals surface area contributed by atoms with Crippen LogP contribution in [0, 0.1) is 5.82 Å². The lowest BCUT2D eigenvalue weighted by atomic mass is 10.00. The second-order valence-electron chi connectivity index (χ2n) is 7.39. The van der Waals surface area contributed by atoms with Gasteiger partial charge < -0.3 is 4.74 Å². The summed E-state index contributed by atoms with van der Waals surface area (Å²) in [5, 5.41) is 2.85. The highest BCUT2D eigenvalue weighted by Gasteiger charge is 2.36. The number of halogens is 3. The van der Waals surface area contributed by atoms with Gasteiger partial charge in [-0.2, -0.15) is 0 Å². The molecule has 6 nitrogen and oxygen atoms in total. The summed E-state index contributed by atoms with van der Waals surface area (Å²) in [7, 11) is 1.44. The number of amides is 4. The van der Waals surface area contributed by atoms with Gasteiger partial charge >= 0.3 is 6.03 Å². The van der Waals surface area contributed by atoms with Gasteiger partial charge in [-0.1, -0.05) is 41.4 Å². The standard InChI is InChI=1S/C25H17Cl2FN2O4/c1-34-22-12-14(11-20(27)18(22)13-15-4-2-3-5-21(15)28)10-19-23(31)29-25(33)30(24(19)32)17-8-6-16(26)7-9-17/h2-12H,13H2,1H3,(H,29,31,33)/b19-10+. The third kappa shape index (κ3) is 4.66. The molecule has 1 N–H and O–H groups in total. The van der Waals surface area contributed by atoms with Gasteiger partial charge in [0.05, 0.1) is 12.8 Å². The molecule has 1 fully saturated rings. The molecule has 1 heterocycles. The number of ether oxygens (including phenoxy) is 1. The normalized spacial score (nSPS) is 15.0. The topological polar surface area (TPSA) is 75.7 Å². The number of benzene rings is 3. The van der Waals surface area contributed by atoms with E-state index in [0.29, 0.717) is 27.5 Å². The van der Waals surface area contributed by atoms with Crippen LogP contribution in [-0.2, 0) is 16.0 Å². The summed E-state index contributed by atoms with van der Waals surface area (Å²) in [5.74, 6) is -1.66. The number of methoxy groups -OCH3 is 1. The van der Waals surface area contributed by atoms with Gasteiger partial charge in [0.1, 0.15) is 17.1 Å². The molecule has 34 heavy (non-hydrogen) atoms. The number of anilines is 1. The largest absolute Gasteiger partial charge is 0.496 e. The molecule has 0 unspecified atom stereocenters. The number of barbiturate groups is 1. The Bertz CT molecular complexity index is 1340. The summed E-state index contributed by atoms with van der Waals surface area (Å²) in [6.45, 7) is 0. The second kappa shape index (κ2) is 9.67. The lowest BCUT2D eigenvalue weighted by Crippen LogP contribution is -2.54. The van der Waals surface area contributed by atoms with E-state index in [-0.39, 0.29) is 28.5 Å². The van der Waals surface area contributed by atoms with Crippen molar-refractivity contribution in [1.82, 2.24) is 5.32 Å². The average Bonchev–Trinajstić information content (AvgIpc) is 2.80. The van der Waals surface area contributed by atoms with Crippen LogP contribution < -0.4 is 15.0 Å². The molecule has 172 valence electrons. The molecule has 3 aromatic carbocycles. The summed E-state index contributed by atoms with van der Waals surface area (Å²) in [6.07, 6.45) is 1.50. The fourth-order valence-electron chi connectivity index (χ4n) is 3.55. The van der Waals surface area contributed by atoms with Crippen LogP contribution in [0.1, 0.15) is 16.7 Å². The summed E-state index contributed by atoms with van der Waals surface area (Å²) in [6, 6.07) is 14.6. The molecule has 0 spiro atoms. The van der Waals surface area contributed by atoms with Crippen LogP contribution in [0.4, 0.5) is 14.9 Å². The summed E-state index contributed by atoms with van der Waals surface area (Å²) in [4.78, 5) is 38.7. The molecule has 1 saturated heterocycles. The van der Waals surface area contributed by atoms with Gasteiger partial charge in [-0.05, 0) is 59.7 Å². The predicted molar refractivity (Wildman–Crippen MR) is 128 cm³/mol. The van der Waals surface area contributed by atoms with E-state index in [2.05, 4.69) is 5.32 Å². The quantitative estimate of drug-likeness (QED) is 0.377. The Kier molecular flexibility index (Phi) is 6.68. The number of rotatable bonds is 5. The Morgan fingerprint density at radius 1 is 1.03 bits per heavy atom. The molecule has 3 aromatic rings. The zero-order chi connectivity index (χ0) is 24.4. The van der Waals surface area contributed by atoms with Crippen molar-refractivity contribution in [3.8, 4) is 5.75 Å². The highest BCUT2D eigenvalue weighted by Crippen LogP contribution is 2.33. The van der Waals surface area contributed by atoms with E-state index in [1.54, 1.807) is 24.3 Å². The molecule has 1 aliphatic heterocycles. The van der Waals surface area contributed by atoms with Crippen molar-refractivity contribution in [3.63, 3.8) is 0 Å². The molecule has 0 atom stereocenters. The monoisotopic (exact) mass is 498 g/mol. The first-order valence-electron chi connectivity index (χ1n) is 10.1. The Labute approximate surface area is 204 Å². The lowest BCUT2D eigenvalue weighted by Gasteiger charge is -2.26. The Hall–Kier alpha value is -3.68. The van der Waals surface area contributed by atoms with E-state index in [4.69, 9.17) is 27.9 Å². The van der Waals surface area contributed by atoms with Gasteiger partial charge in [0.25, 0.3) is 11.8 Å². The molecule has 0 bridgehead atoms. The predicted octanol–water partition coefficient (Wildman–Crippen LogP) is 5.40. The maximum atomic E-state index is 14.1. The van der Waals surface area contributed by atoms with Crippen LogP contribution in [-0.4, -0.2) is 25.0 Å². The second-order valence-corrected chi connectivity index (χ2v) is 8.23. The number of nitrogens with one attached hydrogen (secondary N) is 1. The first-order valence-corrected chi connectivity index (χ1v) is 10.8. The molecule has 0 aliphatic carbocycles. The van der Waals surface area contributed by atoms with Crippen molar-refractivity contribution >= 4 is 52.8 Å². The molecular formula is C25H17Cl2FN2O4. The average molecular weight is 499 g/mol. The fraction of sp³-hybridized carbons (Fsp3) is 0.0800. The lowest BCUT2D eigenvalue weighted by molar-refractivity contribution is -0.122. The van der Waals surface area contributed by atoms with Gasteiger partial charge in [-0.3, -0.25) is 14.9 Å². The number of nitrogens with zero attached hydrogens (tertiary/aromatic N) is 1. The van der Waals surface area contributed by atoms with E-state index in [9.17, 15) is 18.8 Å². The fourth-order valence-corrected chi connectivity index (χ4v) is 3.96. The Balaban J connectivity index is 1.71. The van der Waals surface area contributed by atoms with E-state index in [1.165, 1.54) is 49.6 Å². The van der Waals surface area contributed by atoms with Crippen molar-refractivity contribution in [1.29, 1.82) is 0 Å².